The molecule has 0 aliphatic rings. The summed E-state index contributed by atoms with van der Waals surface area (Å²) >= 11 is 1.73. The Bertz CT molecular complexity index is 407. The number of alkyl halides is 3. The van der Waals surface area contributed by atoms with Gasteiger partial charge in [-0.05, 0) is 29.0 Å². The van der Waals surface area contributed by atoms with E-state index >= 15 is 0 Å². The number of aryl methyl sites for hydroxylation is 1. The normalized spacial score (nSPS) is 11.6. The molecule has 7 heteroatoms. The van der Waals surface area contributed by atoms with Crippen LogP contribution in [0.4, 0.5) is 18.9 Å². The lowest BCUT2D eigenvalue weighted by Gasteiger charge is -2.16. The number of halogens is 4. The molecule has 16 heavy (non-hydrogen) atoms. The van der Waals surface area contributed by atoms with Crippen molar-refractivity contribution in [3.05, 3.63) is 15.0 Å². The molecular formula is C9H10F3IN2O. The summed E-state index contributed by atoms with van der Waals surface area (Å²) in [4.78, 5) is 3.51. The lowest BCUT2D eigenvalue weighted by molar-refractivity contribution is -0.142. The minimum Gasteiger partial charge on any atom is -0.493 e. The van der Waals surface area contributed by atoms with Crippen LogP contribution in [0.1, 0.15) is 18.3 Å². The average molecular weight is 346 g/mol. The van der Waals surface area contributed by atoms with E-state index in [9.17, 15) is 13.2 Å². The van der Waals surface area contributed by atoms with Crippen LogP contribution in [0, 0.1) is 3.57 Å². The van der Waals surface area contributed by atoms with E-state index in [1.807, 2.05) is 0 Å². The van der Waals surface area contributed by atoms with Gasteiger partial charge in [0.25, 0.3) is 0 Å². The molecule has 0 saturated heterocycles. The summed E-state index contributed by atoms with van der Waals surface area (Å²) in [6.07, 6.45) is -4.20. The molecule has 0 aliphatic carbocycles. The fraction of sp³-hybridized carbons (Fsp3) is 0.444. The standard InChI is InChI=1S/C9H10F3IN2O/c1-3-4-6(14)5(13)7(16-2)8(15-4)9(10,11)12/h3,14H2,1-2H3. The Morgan fingerprint density at radius 3 is 2.38 bits per heavy atom. The summed E-state index contributed by atoms with van der Waals surface area (Å²) in [6.45, 7) is 1.70. The summed E-state index contributed by atoms with van der Waals surface area (Å²) < 4.78 is 43.0. The number of rotatable bonds is 2. The number of aromatic nitrogens is 1. The third kappa shape index (κ3) is 2.33. The number of nitrogens with two attached hydrogens (primary N) is 1. The van der Waals surface area contributed by atoms with Crippen LogP contribution in [-0.4, -0.2) is 12.1 Å². The number of pyridine rings is 1. The number of nitrogen functional groups attached to an aromatic ring is 1. The zero-order valence-corrected chi connectivity index (χ0v) is 10.8. The Balaban J connectivity index is 3.54. The molecule has 0 saturated carbocycles. The number of hydrogen-bond donors (Lipinski definition) is 1. The van der Waals surface area contributed by atoms with Gasteiger partial charge in [-0.2, -0.15) is 13.2 Å². The number of ether oxygens (including phenoxy) is 1. The van der Waals surface area contributed by atoms with Crippen molar-refractivity contribution in [1.82, 2.24) is 4.98 Å². The molecule has 0 radical (unpaired) electrons. The molecule has 1 heterocycles. The van der Waals surface area contributed by atoms with Crippen LogP contribution < -0.4 is 10.5 Å². The minimum atomic E-state index is -4.54. The summed E-state index contributed by atoms with van der Waals surface area (Å²) in [7, 11) is 1.17. The summed E-state index contributed by atoms with van der Waals surface area (Å²) in [5.74, 6) is -0.317. The van der Waals surface area contributed by atoms with Gasteiger partial charge in [-0.25, -0.2) is 4.98 Å². The van der Waals surface area contributed by atoms with E-state index in [2.05, 4.69) is 4.98 Å². The maximum Gasteiger partial charge on any atom is 0.437 e. The Labute approximate surface area is 104 Å². The Morgan fingerprint density at radius 2 is 2.00 bits per heavy atom. The van der Waals surface area contributed by atoms with Gasteiger partial charge in [0.2, 0.25) is 0 Å². The molecule has 1 aromatic rings. The number of anilines is 1. The second-order valence-electron chi connectivity index (χ2n) is 3.02. The molecule has 2 N–H and O–H groups in total. The molecule has 0 bridgehead atoms. The van der Waals surface area contributed by atoms with Gasteiger partial charge in [0, 0.05) is 0 Å². The molecule has 0 amide bonds. The summed E-state index contributed by atoms with van der Waals surface area (Å²) in [5.41, 5.74) is 5.12. The molecule has 0 aromatic carbocycles. The highest BCUT2D eigenvalue weighted by atomic mass is 127. The van der Waals surface area contributed by atoms with Crippen LogP contribution in [0.3, 0.4) is 0 Å². The minimum absolute atomic E-state index is 0.234. The van der Waals surface area contributed by atoms with Crippen LogP contribution in [0.2, 0.25) is 0 Å². The van der Waals surface area contributed by atoms with Gasteiger partial charge in [-0.15, -0.1) is 0 Å². The van der Waals surface area contributed by atoms with Crippen molar-refractivity contribution in [1.29, 1.82) is 0 Å². The van der Waals surface area contributed by atoms with Gasteiger partial charge in [-0.3, -0.25) is 0 Å². The molecular weight excluding hydrogens is 336 g/mol. The van der Waals surface area contributed by atoms with Crippen LogP contribution in [0.25, 0.3) is 0 Å². The monoisotopic (exact) mass is 346 g/mol. The first-order valence-electron chi connectivity index (χ1n) is 4.41. The first-order valence-corrected chi connectivity index (χ1v) is 5.49. The maximum absolute atomic E-state index is 12.7. The predicted octanol–water partition coefficient (Wildman–Crippen LogP) is 2.86. The van der Waals surface area contributed by atoms with Crippen molar-refractivity contribution >= 4 is 28.3 Å². The highest BCUT2D eigenvalue weighted by Gasteiger charge is 2.38. The highest BCUT2D eigenvalue weighted by molar-refractivity contribution is 14.1. The van der Waals surface area contributed by atoms with Crippen molar-refractivity contribution in [3.63, 3.8) is 0 Å². The molecule has 3 nitrogen and oxygen atoms in total. The first kappa shape index (κ1) is 13.3. The van der Waals surface area contributed by atoms with Gasteiger partial charge < -0.3 is 10.5 Å². The van der Waals surface area contributed by atoms with E-state index in [-0.39, 0.29) is 20.7 Å². The molecule has 1 rings (SSSR count). The third-order valence-corrected chi connectivity index (χ3v) is 3.09. The second kappa shape index (κ2) is 4.64. The van der Waals surface area contributed by atoms with Gasteiger partial charge in [-0.1, -0.05) is 6.92 Å². The van der Waals surface area contributed by atoms with Crippen molar-refractivity contribution in [2.75, 3.05) is 12.8 Å². The van der Waals surface area contributed by atoms with Crippen LogP contribution in [0.5, 0.6) is 5.75 Å². The topological polar surface area (TPSA) is 48.1 Å². The van der Waals surface area contributed by atoms with Gasteiger partial charge >= 0.3 is 6.18 Å². The van der Waals surface area contributed by atoms with Crippen LogP contribution in [0.15, 0.2) is 0 Å². The number of methoxy groups -OCH3 is 1. The Hall–Kier alpha value is -0.730. The van der Waals surface area contributed by atoms with Crippen molar-refractivity contribution in [2.24, 2.45) is 0 Å². The molecule has 0 fully saturated rings. The molecule has 90 valence electrons. The fourth-order valence-corrected chi connectivity index (χ4v) is 2.03. The predicted molar refractivity (Wildman–Crippen MR) is 62.3 cm³/mol. The smallest absolute Gasteiger partial charge is 0.437 e. The lowest BCUT2D eigenvalue weighted by Crippen LogP contribution is -2.15. The van der Waals surface area contributed by atoms with Gasteiger partial charge in [0.15, 0.2) is 11.4 Å². The van der Waals surface area contributed by atoms with E-state index in [4.69, 9.17) is 10.5 Å². The molecule has 0 atom stereocenters. The molecule has 0 spiro atoms. The van der Waals surface area contributed by atoms with Crippen LogP contribution >= 0.6 is 22.6 Å². The summed E-state index contributed by atoms with van der Waals surface area (Å²) in [5, 5.41) is 0. The first-order chi connectivity index (χ1) is 7.32. The molecule has 0 aliphatic heterocycles. The van der Waals surface area contributed by atoms with E-state index in [0.717, 1.165) is 0 Å². The second-order valence-corrected chi connectivity index (χ2v) is 4.10. The SMILES string of the molecule is CCc1nc(C(F)(F)F)c(OC)c(I)c1N. The van der Waals surface area contributed by atoms with Gasteiger partial charge in [0.05, 0.1) is 22.1 Å². The average Bonchev–Trinajstić information content (AvgIpc) is 2.20. The van der Waals surface area contributed by atoms with E-state index in [1.54, 1.807) is 29.5 Å². The lowest BCUT2D eigenvalue weighted by atomic mass is 10.2. The Kier molecular flexibility index (Phi) is 3.87. The van der Waals surface area contributed by atoms with Crippen molar-refractivity contribution in [3.8, 4) is 5.75 Å². The zero-order valence-electron chi connectivity index (χ0n) is 8.65. The van der Waals surface area contributed by atoms with E-state index in [1.165, 1.54) is 7.11 Å². The number of hydrogen-bond acceptors (Lipinski definition) is 3. The van der Waals surface area contributed by atoms with E-state index in [0.29, 0.717) is 6.42 Å². The highest BCUT2D eigenvalue weighted by Crippen LogP contribution is 2.40. The Morgan fingerprint density at radius 1 is 1.44 bits per heavy atom. The van der Waals surface area contributed by atoms with E-state index < -0.39 is 11.9 Å². The van der Waals surface area contributed by atoms with Crippen molar-refractivity contribution < 1.29 is 17.9 Å². The summed E-state index contributed by atoms with van der Waals surface area (Å²) in [6, 6.07) is 0. The quantitative estimate of drug-likeness (QED) is 0.838. The van der Waals surface area contributed by atoms with Crippen LogP contribution in [-0.2, 0) is 12.6 Å². The number of nitrogens with zero attached hydrogens (tertiary/aromatic N) is 1. The fourth-order valence-electron chi connectivity index (χ4n) is 1.25. The zero-order chi connectivity index (χ0) is 12.5. The van der Waals surface area contributed by atoms with Gasteiger partial charge in [0.1, 0.15) is 0 Å². The maximum atomic E-state index is 12.7. The third-order valence-electron chi connectivity index (χ3n) is 2.02. The largest absolute Gasteiger partial charge is 0.493 e. The molecule has 1 aromatic heterocycles. The van der Waals surface area contributed by atoms with Crippen molar-refractivity contribution in [2.45, 2.75) is 19.5 Å². The molecule has 0 unspecified atom stereocenters.